The monoisotopic (exact) mass is 300 g/mol. The highest BCUT2D eigenvalue weighted by Crippen LogP contribution is 2.31. The summed E-state index contributed by atoms with van der Waals surface area (Å²) < 4.78 is 0. The lowest BCUT2D eigenvalue weighted by molar-refractivity contribution is -0.114. The summed E-state index contributed by atoms with van der Waals surface area (Å²) in [6, 6.07) is 16.3. The van der Waals surface area contributed by atoms with Gasteiger partial charge in [-0.25, -0.2) is 0 Å². The number of carbonyl (C=O) groups is 1. The molecule has 1 amide bonds. The van der Waals surface area contributed by atoms with E-state index in [9.17, 15) is 4.79 Å². The van der Waals surface area contributed by atoms with Crippen LogP contribution in [0.15, 0.2) is 58.3 Å². The van der Waals surface area contributed by atoms with Crippen LogP contribution < -0.4 is 10.6 Å². The molecule has 3 nitrogen and oxygen atoms in total. The van der Waals surface area contributed by atoms with Crippen LogP contribution in [0.3, 0.4) is 0 Å². The number of benzene rings is 2. The molecule has 0 aliphatic rings. The molecule has 0 saturated heterocycles. The summed E-state index contributed by atoms with van der Waals surface area (Å²) in [4.78, 5) is 13.4. The van der Waals surface area contributed by atoms with Crippen LogP contribution in [-0.4, -0.2) is 12.5 Å². The minimum atomic E-state index is -0.0496. The van der Waals surface area contributed by atoms with E-state index >= 15 is 0 Å². The standard InChI is InChI=1S/C17H20N2OS/c1-3-18-12-14-6-4-5-7-17(14)21-16-10-8-15(9-11-16)19-13(2)20/h4-11,18H,3,12H2,1-2H3,(H,19,20). The summed E-state index contributed by atoms with van der Waals surface area (Å²) in [6.07, 6.45) is 0. The molecule has 0 unspecified atom stereocenters. The maximum Gasteiger partial charge on any atom is 0.221 e. The van der Waals surface area contributed by atoms with E-state index in [-0.39, 0.29) is 5.91 Å². The Morgan fingerprint density at radius 3 is 2.48 bits per heavy atom. The molecule has 0 aliphatic carbocycles. The Kier molecular flexibility index (Phi) is 5.84. The summed E-state index contributed by atoms with van der Waals surface area (Å²) in [5.74, 6) is -0.0496. The van der Waals surface area contributed by atoms with E-state index in [1.807, 2.05) is 24.3 Å². The van der Waals surface area contributed by atoms with Gasteiger partial charge in [0.05, 0.1) is 0 Å². The number of hydrogen-bond donors (Lipinski definition) is 2. The number of carbonyl (C=O) groups excluding carboxylic acids is 1. The van der Waals surface area contributed by atoms with Crippen molar-refractivity contribution in [3.8, 4) is 0 Å². The second-order valence-electron chi connectivity index (χ2n) is 4.70. The summed E-state index contributed by atoms with van der Waals surface area (Å²) >= 11 is 1.74. The summed E-state index contributed by atoms with van der Waals surface area (Å²) in [5, 5.41) is 6.14. The lowest BCUT2D eigenvalue weighted by atomic mass is 10.2. The molecule has 0 spiro atoms. The number of anilines is 1. The van der Waals surface area contributed by atoms with Gasteiger partial charge in [-0.15, -0.1) is 0 Å². The molecule has 0 saturated carbocycles. The van der Waals surface area contributed by atoms with Gasteiger partial charge >= 0.3 is 0 Å². The topological polar surface area (TPSA) is 41.1 Å². The predicted octanol–water partition coefficient (Wildman–Crippen LogP) is 3.91. The van der Waals surface area contributed by atoms with Gasteiger partial charge in [0.1, 0.15) is 0 Å². The molecule has 2 N–H and O–H groups in total. The van der Waals surface area contributed by atoms with E-state index in [0.717, 1.165) is 23.7 Å². The largest absolute Gasteiger partial charge is 0.326 e. The van der Waals surface area contributed by atoms with E-state index in [1.165, 1.54) is 17.4 Å². The fourth-order valence-electron chi connectivity index (χ4n) is 1.95. The third-order valence-electron chi connectivity index (χ3n) is 2.94. The second kappa shape index (κ2) is 7.86. The van der Waals surface area contributed by atoms with Gasteiger partial charge in [0.15, 0.2) is 0 Å². The van der Waals surface area contributed by atoms with Gasteiger partial charge in [0.25, 0.3) is 0 Å². The zero-order valence-electron chi connectivity index (χ0n) is 12.3. The van der Waals surface area contributed by atoms with Crippen LogP contribution in [0.2, 0.25) is 0 Å². The number of nitrogens with one attached hydrogen (secondary N) is 2. The second-order valence-corrected chi connectivity index (χ2v) is 5.81. The van der Waals surface area contributed by atoms with E-state index < -0.39 is 0 Å². The van der Waals surface area contributed by atoms with E-state index in [0.29, 0.717) is 0 Å². The highest BCUT2D eigenvalue weighted by Gasteiger charge is 2.04. The molecule has 2 rings (SSSR count). The van der Waals surface area contributed by atoms with E-state index in [1.54, 1.807) is 11.8 Å². The van der Waals surface area contributed by atoms with Gasteiger partial charge in [-0.2, -0.15) is 0 Å². The number of hydrogen-bond acceptors (Lipinski definition) is 3. The van der Waals surface area contributed by atoms with Gasteiger partial charge in [0.2, 0.25) is 5.91 Å². The Morgan fingerprint density at radius 2 is 1.81 bits per heavy atom. The third-order valence-corrected chi connectivity index (χ3v) is 4.07. The van der Waals surface area contributed by atoms with Gasteiger partial charge in [0, 0.05) is 28.9 Å². The average Bonchev–Trinajstić information content (AvgIpc) is 2.48. The molecule has 0 radical (unpaired) electrons. The van der Waals surface area contributed by atoms with Crippen molar-refractivity contribution in [3.63, 3.8) is 0 Å². The SMILES string of the molecule is CCNCc1ccccc1Sc1ccc(NC(C)=O)cc1. The molecular formula is C17H20N2OS. The first kappa shape index (κ1) is 15.6. The first-order valence-electron chi connectivity index (χ1n) is 7.03. The minimum absolute atomic E-state index is 0.0496. The highest BCUT2D eigenvalue weighted by atomic mass is 32.2. The normalized spacial score (nSPS) is 10.4. The average molecular weight is 300 g/mol. The van der Waals surface area contributed by atoms with Crippen LogP contribution in [0, 0.1) is 0 Å². The molecule has 0 aliphatic heterocycles. The molecule has 2 aromatic carbocycles. The summed E-state index contributed by atoms with van der Waals surface area (Å²) in [7, 11) is 0. The summed E-state index contributed by atoms with van der Waals surface area (Å²) in [6.45, 7) is 5.46. The zero-order chi connectivity index (χ0) is 15.1. The van der Waals surface area contributed by atoms with Crippen molar-refractivity contribution >= 4 is 23.4 Å². The van der Waals surface area contributed by atoms with Gasteiger partial charge in [-0.05, 0) is 42.4 Å². The number of rotatable bonds is 6. The minimum Gasteiger partial charge on any atom is -0.326 e. The molecule has 0 bridgehead atoms. The van der Waals surface area contributed by atoms with Crippen molar-refractivity contribution in [3.05, 3.63) is 54.1 Å². The molecular weight excluding hydrogens is 280 g/mol. The fraction of sp³-hybridized carbons (Fsp3) is 0.235. The van der Waals surface area contributed by atoms with Crippen molar-refractivity contribution in [2.24, 2.45) is 0 Å². The smallest absolute Gasteiger partial charge is 0.221 e. The molecule has 110 valence electrons. The van der Waals surface area contributed by atoms with E-state index in [4.69, 9.17) is 0 Å². The maximum absolute atomic E-state index is 11.0. The van der Waals surface area contributed by atoms with Crippen LogP contribution in [0.25, 0.3) is 0 Å². The van der Waals surface area contributed by atoms with Crippen LogP contribution in [-0.2, 0) is 11.3 Å². The quantitative estimate of drug-likeness (QED) is 0.850. The first-order valence-corrected chi connectivity index (χ1v) is 7.85. The summed E-state index contributed by atoms with van der Waals surface area (Å²) in [5.41, 5.74) is 2.13. The Labute approximate surface area is 130 Å². The molecule has 4 heteroatoms. The van der Waals surface area contributed by atoms with Gasteiger partial charge < -0.3 is 10.6 Å². The van der Waals surface area contributed by atoms with Gasteiger partial charge in [-0.3, -0.25) is 4.79 Å². The highest BCUT2D eigenvalue weighted by molar-refractivity contribution is 7.99. The molecule has 0 fully saturated rings. The lowest BCUT2D eigenvalue weighted by Gasteiger charge is -2.10. The van der Waals surface area contributed by atoms with Gasteiger partial charge in [-0.1, -0.05) is 36.9 Å². The first-order chi connectivity index (χ1) is 10.2. The Bertz CT molecular complexity index is 596. The van der Waals surface area contributed by atoms with Crippen LogP contribution >= 0.6 is 11.8 Å². The molecule has 0 atom stereocenters. The molecule has 21 heavy (non-hydrogen) atoms. The Morgan fingerprint density at radius 1 is 1.10 bits per heavy atom. The maximum atomic E-state index is 11.0. The van der Waals surface area contributed by atoms with Crippen molar-refractivity contribution < 1.29 is 4.79 Å². The zero-order valence-corrected chi connectivity index (χ0v) is 13.2. The van der Waals surface area contributed by atoms with E-state index in [2.05, 4.69) is 41.8 Å². The van der Waals surface area contributed by atoms with Crippen LogP contribution in [0.4, 0.5) is 5.69 Å². The lowest BCUT2D eigenvalue weighted by Crippen LogP contribution is -2.12. The molecule has 0 aromatic heterocycles. The van der Waals surface area contributed by atoms with Crippen molar-refractivity contribution in [2.45, 2.75) is 30.2 Å². The van der Waals surface area contributed by atoms with Crippen molar-refractivity contribution in [1.82, 2.24) is 5.32 Å². The van der Waals surface area contributed by atoms with Crippen LogP contribution in [0.5, 0.6) is 0 Å². The van der Waals surface area contributed by atoms with Crippen LogP contribution in [0.1, 0.15) is 19.4 Å². The van der Waals surface area contributed by atoms with Crippen molar-refractivity contribution in [2.75, 3.05) is 11.9 Å². The molecule has 2 aromatic rings. The third kappa shape index (κ3) is 4.92. The van der Waals surface area contributed by atoms with Crippen molar-refractivity contribution in [1.29, 1.82) is 0 Å². The predicted molar refractivity (Wildman–Crippen MR) is 88.7 cm³/mol. The molecule has 0 heterocycles. The number of amides is 1. The Hall–Kier alpha value is -1.78. The Balaban J connectivity index is 2.09. The fourth-order valence-corrected chi connectivity index (χ4v) is 2.89.